The Morgan fingerprint density at radius 3 is 2.83 bits per heavy atom. The van der Waals surface area contributed by atoms with E-state index < -0.39 is 0 Å². The minimum absolute atomic E-state index is 0.475. The number of hydrogen-bond acceptors (Lipinski definition) is 2. The number of nitrogens with one attached hydrogen (secondary N) is 1. The van der Waals surface area contributed by atoms with Crippen LogP contribution in [0.3, 0.4) is 0 Å². The number of fused-ring (bicyclic) bond motifs is 1. The first-order valence-corrected chi connectivity index (χ1v) is 7.72. The van der Waals surface area contributed by atoms with E-state index in [1.165, 1.54) is 59.7 Å². The van der Waals surface area contributed by atoms with Gasteiger partial charge in [-0.1, -0.05) is 6.07 Å². The van der Waals surface area contributed by atoms with E-state index in [0.717, 1.165) is 12.3 Å². The van der Waals surface area contributed by atoms with Crippen molar-refractivity contribution in [1.82, 2.24) is 5.32 Å². The molecule has 0 amide bonds. The molecule has 2 nitrogen and oxygen atoms in total. The number of hydrogen-bond donors (Lipinski definition) is 1. The fourth-order valence-corrected chi connectivity index (χ4v) is 4.12. The van der Waals surface area contributed by atoms with Gasteiger partial charge in [0.1, 0.15) is 5.75 Å². The molecule has 0 saturated carbocycles. The van der Waals surface area contributed by atoms with Crippen LogP contribution in [0.15, 0.2) is 10.5 Å². The number of ether oxygens (including phenoxy) is 1. The van der Waals surface area contributed by atoms with E-state index in [4.69, 9.17) is 4.74 Å². The second kappa shape index (κ2) is 5.22. The van der Waals surface area contributed by atoms with Gasteiger partial charge in [0.05, 0.1) is 11.6 Å². The molecule has 3 heteroatoms. The molecule has 18 heavy (non-hydrogen) atoms. The van der Waals surface area contributed by atoms with Crippen molar-refractivity contribution in [3.05, 3.63) is 27.2 Å². The highest BCUT2D eigenvalue weighted by atomic mass is 79.9. The molecule has 1 aliphatic carbocycles. The largest absolute Gasteiger partial charge is 0.495 e. The molecule has 98 valence electrons. The molecule has 1 unspecified atom stereocenters. The second-order valence-corrected chi connectivity index (χ2v) is 6.10. The monoisotopic (exact) mass is 309 g/mol. The minimum atomic E-state index is 0.475. The lowest BCUT2D eigenvalue weighted by atomic mass is 9.88. The highest BCUT2D eigenvalue weighted by Crippen LogP contribution is 2.42. The first-order valence-electron chi connectivity index (χ1n) is 6.92. The summed E-state index contributed by atoms with van der Waals surface area (Å²) < 4.78 is 6.87. The number of benzene rings is 1. The molecule has 0 radical (unpaired) electrons. The highest BCUT2D eigenvalue weighted by Gasteiger charge is 2.25. The molecule has 1 N–H and O–H groups in total. The van der Waals surface area contributed by atoms with Gasteiger partial charge < -0.3 is 10.1 Å². The van der Waals surface area contributed by atoms with Crippen LogP contribution in [0.2, 0.25) is 0 Å². The van der Waals surface area contributed by atoms with Crippen molar-refractivity contribution < 1.29 is 4.74 Å². The molecule has 1 aromatic rings. The van der Waals surface area contributed by atoms with Crippen LogP contribution in [0.25, 0.3) is 0 Å². The van der Waals surface area contributed by atoms with E-state index in [0.29, 0.717) is 6.04 Å². The lowest BCUT2D eigenvalue weighted by Crippen LogP contribution is -2.16. The third kappa shape index (κ3) is 2.08. The van der Waals surface area contributed by atoms with E-state index in [1.54, 1.807) is 7.11 Å². The molecular formula is C15H20BrNO. The van der Waals surface area contributed by atoms with Crippen molar-refractivity contribution in [2.75, 3.05) is 13.7 Å². The van der Waals surface area contributed by atoms with Crippen molar-refractivity contribution in [2.45, 2.75) is 44.6 Å². The van der Waals surface area contributed by atoms with Gasteiger partial charge in [0.15, 0.2) is 0 Å². The topological polar surface area (TPSA) is 21.3 Å². The molecule has 0 spiro atoms. The SMILES string of the molecule is COc1c(C2CCCN2)cc2c(c1Br)CCCC2. The molecule has 1 fully saturated rings. The summed E-state index contributed by atoms with van der Waals surface area (Å²) in [6, 6.07) is 2.87. The van der Waals surface area contributed by atoms with Crippen molar-refractivity contribution in [3.8, 4) is 5.75 Å². The van der Waals surface area contributed by atoms with Crippen LogP contribution < -0.4 is 10.1 Å². The molecule has 0 aromatic heterocycles. The second-order valence-electron chi connectivity index (χ2n) is 5.31. The van der Waals surface area contributed by atoms with Crippen LogP contribution >= 0.6 is 15.9 Å². The van der Waals surface area contributed by atoms with Gasteiger partial charge in [0.25, 0.3) is 0 Å². The summed E-state index contributed by atoms with van der Waals surface area (Å²) in [5.74, 6) is 1.05. The maximum Gasteiger partial charge on any atom is 0.138 e. The lowest BCUT2D eigenvalue weighted by Gasteiger charge is -2.24. The van der Waals surface area contributed by atoms with Gasteiger partial charge in [-0.25, -0.2) is 0 Å². The molecule has 1 aliphatic heterocycles. The molecule has 0 bridgehead atoms. The summed E-state index contributed by atoms with van der Waals surface area (Å²) in [5.41, 5.74) is 4.35. The zero-order valence-electron chi connectivity index (χ0n) is 10.9. The van der Waals surface area contributed by atoms with E-state index in [1.807, 2.05) is 0 Å². The van der Waals surface area contributed by atoms with Crippen molar-refractivity contribution in [1.29, 1.82) is 0 Å². The molecular weight excluding hydrogens is 290 g/mol. The molecule has 2 aliphatic rings. The summed E-state index contributed by atoms with van der Waals surface area (Å²) >= 11 is 3.77. The average molecular weight is 310 g/mol. The highest BCUT2D eigenvalue weighted by molar-refractivity contribution is 9.10. The van der Waals surface area contributed by atoms with Crippen LogP contribution in [0.1, 0.15) is 48.4 Å². The van der Waals surface area contributed by atoms with Crippen LogP contribution in [0.4, 0.5) is 0 Å². The Morgan fingerprint density at radius 2 is 2.11 bits per heavy atom. The summed E-state index contributed by atoms with van der Waals surface area (Å²) in [6.07, 6.45) is 7.52. The predicted molar refractivity (Wildman–Crippen MR) is 77.3 cm³/mol. The van der Waals surface area contributed by atoms with Crippen LogP contribution in [0.5, 0.6) is 5.75 Å². The first-order chi connectivity index (χ1) is 8.81. The third-order valence-electron chi connectivity index (χ3n) is 4.21. The predicted octanol–water partition coefficient (Wildman–Crippen LogP) is 3.76. The van der Waals surface area contributed by atoms with E-state index in [9.17, 15) is 0 Å². The van der Waals surface area contributed by atoms with Gasteiger partial charge in [0, 0.05) is 11.6 Å². The number of methoxy groups -OCH3 is 1. The van der Waals surface area contributed by atoms with E-state index in [-0.39, 0.29) is 0 Å². The zero-order chi connectivity index (χ0) is 12.5. The standard InChI is InChI=1S/C15H20BrNO/c1-18-15-12(13-7-4-8-17-13)9-10-5-2-3-6-11(10)14(15)16/h9,13,17H,2-8H2,1H3. The minimum Gasteiger partial charge on any atom is -0.495 e. The van der Waals surface area contributed by atoms with E-state index >= 15 is 0 Å². The Bertz CT molecular complexity index is 452. The molecule has 1 heterocycles. The number of rotatable bonds is 2. The van der Waals surface area contributed by atoms with Crippen LogP contribution in [-0.4, -0.2) is 13.7 Å². The Kier molecular flexibility index (Phi) is 3.62. The lowest BCUT2D eigenvalue weighted by molar-refractivity contribution is 0.399. The van der Waals surface area contributed by atoms with Crippen LogP contribution in [-0.2, 0) is 12.8 Å². The number of aryl methyl sites for hydroxylation is 1. The van der Waals surface area contributed by atoms with Gasteiger partial charge in [-0.05, 0) is 72.1 Å². The molecule has 1 saturated heterocycles. The van der Waals surface area contributed by atoms with Gasteiger partial charge in [0.2, 0.25) is 0 Å². The molecule has 3 rings (SSSR count). The fraction of sp³-hybridized carbons (Fsp3) is 0.600. The summed E-state index contributed by atoms with van der Waals surface area (Å²) in [6.45, 7) is 1.13. The van der Waals surface area contributed by atoms with Crippen LogP contribution in [0, 0.1) is 0 Å². The maximum absolute atomic E-state index is 5.67. The quantitative estimate of drug-likeness (QED) is 0.898. The average Bonchev–Trinajstić information content (AvgIpc) is 2.92. The number of halogens is 1. The maximum atomic E-state index is 5.67. The fourth-order valence-electron chi connectivity index (χ4n) is 3.27. The van der Waals surface area contributed by atoms with Crippen molar-refractivity contribution >= 4 is 15.9 Å². The summed E-state index contributed by atoms with van der Waals surface area (Å²) in [7, 11) is 1.79. The summed E-state index contributed by atoms with van der Waals surface area (Å²) in [4.78, 5) is 0. The van der Waals surface area contributed by atoms with Gasteiger partial charge in [-0.3, -0.25) is 0 Å². The molecule has 1 atom stereocenters. The first kappa shape index (κ1) is 12.5. The van der Waals surface area contributed by atoms with E-state index in [2.05, 4.69) is 27.3 Å². The van der Waals surface area contributed by atoms with Crippen molar-refractivity contribution in [3.63, 3.8) is 0 Å². The Morgan fingerprint density at radius 1 is 1.28 bits per heavy atom. The third-order valence-corrected chi connectivity index (χ3v) is 5.05. The van der Waals surface area contributed by atoms with Crippen molar-refractivity contribution in [2.24, 2.45) is 0 Å². The zero-order valence-corrected chi connectivity index (χ0v) is 12.5. The van der Waals surface area contributed by atoms with Gasteiger partial charge in [-0.2, -0.15) is 0 Å². The Hall–Kier alpha value is -0.540. The Labute approximate surface area is 117 Å². The Balaban J connectivity index is 2.09. The van der Waals surface area contributed by atoms with Gasteiger partial charge >= 0.3 is 0 Å². The summed E-state index contributed by atoms with van der Waals surface area (Å²) in [5, 5.41) is 3.58. The normalized spacial score (nSPS) is 22.9. The molecule has 1 aromatic carbocycles. The van der Waals surface area contributed by atoms with Gasteiger partial charge in [-0.15, -0.1) is 0 Å². The smallest absolute Gasteiger partial charge is 0.138 e.